The molecule has 0 radical (unpaired) electrons. The number of para-hydroxylation sites is 1. The Bertz CT molecular complexity index is 2910. The first-order valence-electron chi connectivity index (χ1n) is 17.6. The molecule has 3 heteroatoms. The van der Waals surface area contributed by atoms with E-state index in [1.54, 1.807) is 0 Å². The smallest absolute Gasteiger partial charge is 0.227 e. The predicted molar refractivity (Wildman–Crippen MR) is 218 cm³/mol. The van der Waals surface area contributed by atoms with Crippen LogP contribution in [0.4, 0.5) is 17.1 Å². The normalized spacial score (nSPS) is 11.5. The van der Waals surface area contributed by atoms with E-state index in [1.165, 1.54) is 21.7 Å². The van der Waals surface area contributed by atoms with Crippen molar-refractivity contribution in [3.05, 3.63) is 194 Å². The zero-order valence-electron chi connectivity index (χ0n) is 28.3. The van der Waals surface area contributed by atoms with E-state index in [9.17, 15) is 0 Å². The van der Waals surface area contributed by atoms with Crippen LogP contribution in [0.25, 0.3) is 77.1 Å². The van der Waals surface area contributed by atoms with E-state index >= 15 is 0 Å². The Morgan fingerprint density at radius 3 is 1.81 bits per heavy atom. The molecule has 0 atom stereocenters. The topological polar surface area (TPSA) is 29.3 Å². The van der Waals surface area contributed by atoms with Crippen molar-refractivity contribution in [2.45, 2.75) is 0 Å². The van der Waals surface area contributed by atoms with Crippen molar-refractivity contribution in [2.75, 3.05) is 4.90 Å². The first-order chi connectivity index (χ1) is 25.8. The average molecular weight is 665 g/mol. The van der Waals surface area contributed by atoms with Crippen LogP contribution in [0.3, 0.4) is 0 Å². The van der Waals surface area contributed by atoms with Gasteiger partial charge in [0, 0.05) is 33.5 Å². The SMILES string of the molecule is c1ccc(-c2ccccc2N(c2ccc3ccccc3c2-c2ccccc2)c2cc3oc(-c4ccc5ccccc5c4)nc3c3ccccc23)cc1. The Labute approximate surface area is 301 Å². The number of oxazole rings is 1. The molecule has 0 saturated heterocycles. The van der Waals surface area contributed by atoms with Gasteiger partial charge >= 0.3 is 0 Å². The molecule has 3 nitrogen and oxygen atoms in total. The number of aromatic nitrogens is 1. The summed E-state index contributed by atoms with van der Waals surface area (Å²) in [6, 6.07) is 68.8. The average Bonchev–Trinajstić information content (AvgIpc) is 3.66. The van der Waals surface area contributed by atoms with Gasteiger partial charge in [-0.2, -0.15) is 0 Å². The van der Waals surface area contributed by atoms with Gasteiger partial charge in [0.1, 0.15) is 5.52 Å². The van der Waals surface area contributed by atoms with Crippen LogP contribution in [-0.4, -0.2) is 4.98 Å². The second-order valence-corrected chi connectivity index (χ2v) is 13.1. The van der Waals surface area contributed by atoms with Crippen LogP contribution in [0.1, 0.15) is 0 Å². The van der Waals surface area contributed by atoms with Crippen LogP contribution in [0.2, 0.25) is 0 Å². The minimum Gasteiger partial charge on any atom is -0.436 e. The van der Waals surface area contributed by atoms with Crippen molar-refractivity contribution in [3.8, 4) is 33.7 Å². The summed E-state index contributed by atoms with van der Waals surface area (Å²) < 4.78 is 6.74. The molecule has 0 fully saturated rings. The monoisotopic (exact) mass is 664 g/mol. The number of anilines is 3. The van der Waals surface area contributed by atoms with Crippen molar-refractivity contribution in [1.82, 2.24) is 4.98 Å². The second-order valence-electron chi connectivity index (χ2n) is 13.1. The van der Waals surface area contributed by atoms with Gasteiger partial charge in [-0.1, -0.05) is 164 Å². The van der Waals surface area contributed by atoms with Crippen molar-refractivity contribution in [3.63, 3.8) is 0 Å². The number of hydrogen-bond donors (Lipinski definition) is 0. The summed E-state index contributed by atoms with van der Waals surface area (Å²) in [5, 5.41) is 6.85. The highest BCUT2D eigenvalue weighted by Gasteiger charge is 2.25. The van der Waals surface area contributed by atoms with Gasteiger partial charge in [0.05, 0.1) is 17.1 Å². The van der Waals surface area contributed by atoms with Crippen LogP contribution < -0.4 is 4.90 Å². The van der Waals surface area contributed by atoms with Crippen molar-refractivity contribution >= 4 is 60.5 Å². The first-order valence-corrected chi connectivity index (χ1v) is 17.6. The summed E-state index contributed by atoms with van der Waals surface area (Å²) in [4.78, 5) is 7.58. The van der Waals surface area contributed by atoms with Crippen LogP contribution in [-0.2, 0) is 0 Å². The van der Waals surface area contributed by atoms with Crippen LogP contribution >= 0.6 is 0 Å². The fourth-order valence-corrected chi connectivity index (χ4v) is 7.64. The number of nitrogens with zero attached hydrogens (tertiary/aromatic N) is 2. The minimum atomic E-state index is 0.606. The lowest BCUT2D eigenvalue weighted by Crippen LogP contribution is -2.13. The summed E-state index contributed by atoms with van der Waals surface area (Å²) in [6.07, 6.45) is 0. The van der Waals surface area contributed by atoms with E-state index in [0.717, 1.165) is 66.6 Å². The van der Waals surface area contributed by atoms with Crippen molar-refractivity contribution < 1.29 is 4.42 Å². The molecule has 0 spiro atoms. The Kier molecular flexibility index (Phi) is 7.14. The molecule has 1 heterocycles. The quantitative estimate of drug-likeness (QED) is 0.177. The predicted octanol–water partition coefficient (Wildman–Crippen LogP) is 13.8. The standard InChI is InChI=1S/C49H32N2O/c1-3-16-34(17-4-1)39-22-13-14-26-43(39)51(44-30-29-35-18-9-10-23-40(35)47(44)36-19-5-2-6-20-36)45-32-46-48(42-25-12-11-24-41(42)45)50-49(52-46)38-28-27-33-15-7-8-21-37(33)31-38/h1-32H. The van der Waals surface area contributed by atoms with E-state index in [0.29, 0.717) is 5.89 Å². The lowest BCUT2D eigenvalue weighted by Gasteiger charge is -2.31. The number of fused-ring (bicyclic) bond motifs is 5. The molecule has 10 rings (SSSR count). The molecule has 0 aliphatic carbocycles. The molecule has 10 aromatic rings. The van der Waals surface area contributed by atoms with Gasteiger partial charge in [-0.05, 0) is 56.9 Å². The van der Waals surface area contributed by atoms with Crippen molar-refractivity contribution in [1.29, 1.82) is 0 Å². The molecular formula is C49H32N2O. The number of benzene rings is 9. The molecule has 1 aromatic heterocycles. The molecule has 0 unspecified atom stereocenters. The molecule has 0 aliphatic heterocycles. The van der Waals surface area contributed by atoms with Gasteiger partial charge in [-0.3, -0.25) is 0 Å². The largest absolute Gasteiger partial charge is 0.436 e. The summed E-state index contributed by atoms with van der Waals surface area (Å²) in [5.41, 5.74) is 10.3. The molecule has 52 heavy (non-hydrogen) atoms. The molecule has 244 valence electrons. The first kappa shape index (κ1) is 29.9. The summed E-state index contributed by atoms with van der Waals surface area (Å²) in [5.74, 6) is 0.606. The maximum atomic E-state index is 6.74. The van der Waals surface area contributed by atoms with Crippen LogP contribution in [0, 0.1) is 0 Å². The number of hydrogen-bond acceptors (Lipinski definition) is 3. The fraction of sp³-hybridized carbons (Fsp3) is 0. The number of rotatable bonds is 6. The summed E-state index contributed by atoms with van der Waals surface area (Å²) >= 11 is 0. The van der Waals surface area contributed by atoms with Crippen LogP contribution in [0.5, 0.6) is 0 Å². The Hall–Kier alpha value is -6.97. The maximum Gasteiger partial charge on any atom is 0.227 e. The second kappa shape index (κ2) is 12.4. The Morgan fingerprint density at radius 1 is 0.385 bits per heavy atom. The van der Waals surface area contributed by atoms with Crippen LogP contribution in [0.15, 0.2) is 199 Å². The third-order valence-corrected chi connectivity index (χ3v) is 10.1. The molecular weight excluding hydrogens is 633 g/mol. The van der Waals surface area contributed by atoms with E-state index in [4.69, 9.17) is 9.40 Å². The highest BCUT2D eigenvalue weighted by molar-refractivity contribution is 6.15. The maximum absolute atomic E-state index is 6.74. The van der Waals surface area contributed by atoms with Gasteiger partial charge in [-0.25, -0.2) is 4.98 Å². The third kappa shape index (κ3) is 5.02. The van der Waals surface area contributed by atoms with Gasteiger partial charge in [0.25, 0.3) is 0 Å². The van der Waals surface area contributed by atoms with Crippen molar-refractivity contribution in [2.24, 2.45) is 0 Å². The lowest BCUT2D eigenvalue weighted by molar-refractivity contribution is 0.620. The van der Waals surface area contributed by atoms with Gasteiger partial charge in [0.15, 0.2) is 5.58 Å². The highest BCUT2D eigenvalue weighted by Crippen LogP contribution is 2.49. The molecule has 0 bridgehead atoms. The molecule has 9 aromatic carbocycles. The lowest BCUT2D eigenvalue weighted by atomic mass is 9.93. The fourth-order valence-electron chi connectivity index (χ4n) is 7.64. The molecule has 0 aliphatic rings. The highest BCUT2D eigenvalue weighted by atomic mass is 16.3. The Balaban J connectivity index is 1.29. The van der Waals surface area contributed by atoms with Gasteiger partial charge < -0.3 is 9.32 Å². The zero-order chi connectivity index (χ0) is 34.4. The summed E-state index contributed by atoms with van der Waals surface area (Å²) in [7, 11) is 0. The van der Waals surface area contributed by atoms with E-state index in [2.05, 4.69) is 199 Å². The minimum absolute atomic E-state index is 0.606. The van der Waals surface area contributed by atoms with Gasteiger partial charge in [-0.15, -0.1) is 0 Å². The van der Waals surface area contributed by atoms with Gasteiger partial charge in [0.2, 0.25) is 5.89 Å². The molecule has 0 saturated carbocycles. The van der Waals surface area contributed by atoms with E-state index in [-0.39, 0.29) is 0 Å². The molecule has 0 N–H and O–H groups in total. The Morgan fingerprint density at radius 2 is 1.00 bits per heavy atom. The zero-order valence-corrected chi connectivity index (χ0v) is 28.3. The summed E-state index contributed by atoms with van der Waals surface area (Å²) in [6.45, 7) is 0. The molecule has 0 amide bonds. The third-order valence-electron chi connectivity index (χ3n) is 10.1. The van der Waals surface area contributed by atoms with E-state index in [1.807, 2.05) is 0 Å². The van der Waals surface area contributed by atoms with E-state index < -0.39 is 0 Å².